The van der Waals surface area contributed by atoms with Crippen LogP contribution in [0.4, 0.5) is 0 Å². The Morgan fingerprint density at radius 1 is 1.25 bits per heavy atom. The number of benzene rings is 1. The van der Waals surface area contributed by atoms with Crippen LogP contribution < -0.4 is 20.1 Å². The third-order valence-electron chi connectivity index (χ3n) is 3.16. The van der Waals surface area contributed by atoms with E-state index in [1.165, 1.54) is 0 Å². The molecule has 0 spiro atoms. The van der Waals surface area contributed by atoms with Crippen molar-refractivity contribution in [3.8, 4) is 11.5 Å². The molecule has 0 aliphatic carbocycles. The maximum Gasteiger partial charge on any atom is 0.234 e. The Bertz CT molecular complexity index is 435. The second kappa shape index (κ2) is 8.43. The number of carbonyl (C=O) groups excluding carboxylic acids is 1. The first kappa shape index (κ1) is 16.3. The molecule has 1 rings (SSSR count). The fraction of sp³-hybridized carbons (Fsp3) is 0.533. The first-order valence-electron chi connectivity index (χ1n) is 6.81. The second-order valence-electron chi connectivity index (χ2n) is 4.66. The third kappa shape index (κ3) is 5.09. The van der Waals surface area contributed by atoms with E-state index in [4.69, 9.17) is 9.47 Å². The molecule has 0 heterocycles. The van der Waals surface area contributed by atoms with Gasteiger partial charge < -0.3 is 20.1 Å². The lowest BCUT2D eigenvalue weighted by molar-refractivity contribution is -0.120. The van der Waals surface area contributed by atoms with Crippen LogP contribution in [-0.4, -0.2) is 32.7 Å². The summed E-state index contributed by atoms with van der Waals surface area (Å²) in [6.07, 6.45) is 1.00. The maximum absolute atomic E-state index is 11.7. The summed E-state index contributed by atoms with van der Waals surface area (Å²) in [5, 5.41) is 6.02. The van der Waals surface area contributed by atoms with Gasteiger partial charge in [0.2, 0.25) is 5.91 Å². The first-order valence-corrected chi connectivity index (χ1v) is 6.81. The average Bonchev–Trinajstić information content (AvgIpc) is 2.49. The van der Waals surface area contributed by atoms with Crippen LogP contribution in [0.3, 0.4) is 0 Å². The van der Waals surface area contributed by atoms with Crippen molar-refractivity contribution in [1.82, 2.24) is 10.6 Å². The number of nitrogens with one attached hydrogen (secondary N) is 2. The lowest BCUT2D eigenvalue weighted by Crippen LogP contribution is -2.37. The molecule has 0 radical (unpaired) electrons. The van der Waals surface area contributed by atoms with Gasteiger partial charge in [0.25, 0.3) is 0 Å². The van der Waals surface area contributed by atoms with Crippen LogP contribution in [-0.2, 0) is 11.3 Å². The molecule has 20 heavy (non-hydrogen) atoms. The van der Waals surface area contributed by atoms with Gasteiger partial charge in [-0.25, -0.2) is 0 Å². The van der Waals surface area contributed by atoms with E-state index in [1.54, 1.807) is 14.2 Å². The SMILES string of the molecule is CCC(C)NCC(=O)NCc1ccc(OC)c(OC)c1. The van der Waals surface area contributed by atoms with Gasteiger partial charge in [0.15, 0.2) is 11.5 Å². The summed E-state index contributed by atoms with van der Waals surface area (Å²) in [5.74, 6) is 1.33. The molecule has 0 fully saturated rings. The van der Waals surface area contributed by atoms with Crippen molar-refractivity contribution in [1.29, 1.82) is 0 Å². The van der Waals surface area contributed by atoms with Gasteiger partial charge in [0.1, 0.15) is 0 Å². The summed E-state index contributed by atoms with van der Waals surface area (Å²) < 4.78 is 10.4. The highest BCUT2D eigenvalue weighted by Gasteiger charge is 2.07. The number of amides is 1. The Labute approximate surface area is 120 Å². The standard InChI is InChI=1S/C15H24N2O3/c1-5-11(2)16-10-15(18)17-9-12-6-7-13(19-3)14(8-12)20-4/h6-8,11,16H,5,9-10H2,1-4H3,(H,17,18). The average molecular weight is 280 g/mol. The van der Waals surface area contributed by atoms with Crippen molar-refractivity contribution >= 4 is 5.91 Å². The summed E-state index contributed by atoms with van der Waals surface area (Å²) in [5.41, 5.74) is 0.972. The monoisotopic (exact) mass is 280 g/mol. The summed E-state index contributed by atoms with van der Waals surface area (Å²) >= 11 is 0. The van der Waals surface area contributed by atoms with E-state index >= 15 is 0 Å². The summed E-state index contributed by atoms with van der Waals surface area (Å²) in [6.45, 7) is 4.95. The number of ether oxygens (including phenoxy) is 2. The van der Waals surface area contributed by atoms with Crippen molar-refractivity contribution in [3.63, 3.8) is 0 Å². The molecule has 5 nitrogen and oxygen atoms in total. The molecule has 1 amide bonds. The van der Waals surface area contributed by atoms with Crippen LogP contribution in [0, 0.1) is 0 Å². The highest BCUT2D eigenvalue weighted by molar-refractivity contribution is 5.78. The zero-order valence-electron chi connectivity index (χ0n) is 12.7. The lowest BCUT2D eigenvalue weighted by Gasteiger charge is -2.12. The fourth-order valence-electron chi connectivity index (χ4n) is 1.67. The van der Waals surface area contributed by atoms with Crippen molar-refractivity contribution in [2.24, 2.45) is 0 Å². The molecule has 0 bridgehead atoms. The number of hydrogen-bond acceptors (Lipinski definition) is 4. The molecule has 1 atom stereocenters. The summed E-state index contributed by atoms with van der Waals surface area (Å²) in [6, 6.07) is 5.95. The molecule has 0 aliphatic rings. The van der Waals surface area contributed by atoms with Gasteiger partial charge >= 0.3 is 0 Å². The molecule has 1 unspecified atom stereocenters. The Morgan fingerprint density at radius 2 is 1.95 bits per heavy atom. The molecule has 112 valence electrons. The van der Waals surface area contributed by atoms with Gasteiger partial charge in [-0.05, 0) is 31.0 Å². The van der Waals surface area contributed by atoms with Gasteiger partial charge in [-0.3, -0.25) is 4.79 Å². The summed E-state index contributed by atoms with van der Waals surface area (Å²) in [7, 11) is 3.19. The maximum atomic E-state index is 11.7. The van der Waals surface area contributed by atoms with Crippen molar-refractivity contribution < 1.29 is 14.3 Å². The first-order chi connectivity index (χ1) is 9.60. The molecular formula is C15H24N2O3. The zero-order valence-corrected chi connectivity index (χ0v) is 12.7. The van der Waals surface area contributed by atoms with Crippen LogP contribution in [0.2, 0.25) is 0 Å². The van der Waals surface area contributed by atoms with Gasteiger partial charge in [-0.15, -0.1) is 0 Å². The minimum absolute atomic E-state index is 0.0138. The Kier molecular flexibility index (Phi) is 6.87. The molecule has 5 heteroatoms. The van der Waals surface area contributed by atoms with Crippen LogP contribution in [0.25, 0.3) is 0 Å². The van der Waals surface area contributed by atoms with E-state index in [1.807, 2.05) is 18.2 Å². The highest BCUT2D eigenvalue weighted by atomic mass is 16.5. The van der Waals surface area contributed by atoms with Gasteiger partial charge in [-0.2, -0.15) is 0 Å². The Hall–Kier alpha value is -1.75. The van der Waals surface area contributed by atoms with Crippen molar-refractivity contribution in [2.45, 2.75) is 32.9 Å². The topological polar surface area (TPSA) is 59.6 Å². The fourth-order valence-corrected chi connectivity index (χ4v) is 1.67. The summed E-state index contributed by atoms with van der Waals surface area (Å²) in [4.78, 5) is 11.7. The van der Waals surface area contributed by atoms with Crippen molar-refractivity contribution in [3.05, 3.63) is 23.8 Å². The molecule has 2 N–H and O–H groups in total. The number of carbonyl (C=O) groups is 1. The molecule has 0 saturated heterocycles. The number of methoxy groups -OCH3 is 2. The minimum atomic E-state index is -0.0138. The van der Waals surface area contributed by atoms with E-state index < -0.39 is 0 Å². The quantitative estimate of drug-likeness (QED) is 0.761. The predicted octanol–water partition coefficient (Wildman–Crippen LogP) is 1.71. The molecular weight excluding hydrogens is 256 g/mol. The van der Waals surface area contributed by atoms with E-state index in [-0.39, 0.29) is 5.91 Å². The number of rotatable bonds is 8. The smallest absolute Gasteiger partial charge is 0.234 e. The van der Waals surface area contributed by atoms with Crippen LogP contribution in [0.5, 0.6) is 11.5 Å². The lowest BCUT2D eigenvalue weighted by atomic mass is 10.2. The highest BCUT2D eigenvalue weighted by Crippen LogP contribution is 2.27. The normalized spacial score (nSPS) is 11.8. The molecule has 1 aromatic carbocycles. The van der Waals surface area contributed by atoms with E-state index in [0.29, 0.717) is 30.6 Å². The number of hydrogen-bond donors (Lipinski definition) is 2. The third-order valence-corrected chi connectivity index (χ3v) is 3.16. The van der Waals surface area contributed by atoms with Crippen LogP contribution in [0.1, 0.15) is 25.8 Å². The van der Waals surface area contributed by atoms with E-state index in [2.05, 4.69) is 24.5 Å². The largest absolute Gasteiger partial charge is 0.493 e. The Balaban J connectivity index is 2.47. The predicted molar refractivity (Wildman–Crippen MR) is 79.1 cm³/mol. The minimum Gasteiger partial charge on any atom is -0.493 e. The Morgan fingerprint density at radius 3 is 2.55 bits per heavy atom. The van der Waals surface area contributed by atoms with Gasteiger partial charge in [-0.1, -0.05) is 13.0 Å². The van der Waals surface area contributed by atoms with Crippen LogP contribution in [0.15, 0.2) is 18.2 Å². The zero-order chi connectivity index (χ0) is 15.0. The molecule has 1 aromatic rings. The molecule has 0 saturated carbocycles. The molecule has 0 aromatic heterocycles. The van der Waals surface area contributed by atoms with E-state index in [9.17, 15) is 4.79 Å². The van der Waals surface area contributed by atoms with Gasteiger partial charge in [0.05, 0.1) is 20.8 Å². The van der Waals surface area contributed by atoms with Crippen molar-refractivity contribution in [2.75, 3.05) is 20.8 Å². The molecule has 0 aliphatic heterocycles. The van der Waals surface area contributed by atoms with Gasteiger partial charge in [0, 0.05) is 12.6 Å². The van der Waals surface area contributed by atoms with E-state index in [0.717, 1.165) is 12.0 Å². The second-order valence-corrected chi connectivity index (χ2v) is 4.66. The van der Waals surface area contributed by atoms with Crippen LogP contribution >= 0.6 is 0 Å².